The van der Waals surface area contributed by atoms with E-state index in [0.29, 0.717) is 12.2 Å². The monoisotopic (exact) mass is 288 g/mol. The van der Waals surface area contributed by atoms with Crippen molar-refractivity contribution in [1.29, 1.82) is 0 Å². The molecule has 0 bridgehead atoms. The fourth-order valence-corrected chi connectivity index (χ4v) is 3.25. The molecule has 0 unspecified atom stereocenters. The predicted molar refractivity (Wildman–Crippen MR) is 62.8 cm³/mol. The van der Waals surface area contributed by atoms with Crippen molar-refractivity contribution in [2.45, 2.75) is 11.8 Å². The minimum Gasteiger partial charge on any atom is -0.330 e. The number of anilines is 1. The van der Waals surface area contributed by atoms with Gasteiger partial charge in [-0.05, 0) is 35.0 Å². The fraction of sp³-hybridized carbons (Fsp3) is 0.222. The first-order valence-corrected chi connectivity index (χ1v) is 6.65. The van der Waals surface area contributed by atoms with Crippen LogP contribution in [0.15, 0.2) is 32.0 Å². The van der Waals surface area contributed by atoms with Crippen LogP contribution in [-0.4, -0.2) is 21.3 Å². The molecule has 2 rings (SSSR count). The molecule has 0 radical (unpaired) electrons. The van der Waals surface area contributed by atoms with E-state index < -0.39 is 10.0 Å². The maximum atomic E-state index is 11.6. The number of hydrogen-bond donors (Lipinski definition) is 0. The molecule has 0 saturated heterocycles. The van der Waals surface area contributed by atoms with Crippen molar-refractivity contribution < 1.29 is 8.42 Å². The van der Waals surface area contributed by atoms with E-state index in [-0.39, 0.29) is 4.90 Å². The van der Waals surface area contributed by atoms with Gasteiger partial charge in [-0.2, -0.15) is 8.42 Å². The number of hydrogen-bond acceptors (Lipinski definition) is 3. The molecule has 1 aliphatic heterocycles. The summed E-state index contributed by atoms with van der Waals surface area (Å²) in [6, 6.07) is 5.07. The van der Waals surface area contributed by atoms with Gasteiger partial charge in [-0.1, -0.05) is 6.07 Å². The Morgan fingerprint density at radius 2 is 2.20 bits per heavy atom. The lowest BCUT2D eigenvalue weighted by molar-refractivity contribution is 0.597. The van der Waals surface area contributed by atoms with Crippen molar-refractivity contribution in [2.24, 2.45) is 4.40 Å². The van der Waals surface area contributed by atoms with E-state index in [0.717, 1.165) is 4.47 Å². The smallest absolute Gasteiger partial charge is 0.285 e. The summed E-state index contributed by atoms with van der Waals surface area (Å²) < 4.78 is 27.6. The van der Waals surface area contributed by atoms with Crippen LogP contribution in [0.25, 0.3) is 0 Å². The summed E-state index contributed by atoms with van der Waals surface area (Å²) in [5.74, 6) is 0. The molecule has 0 aliphatic carbocycles. The summed E-state index contributed by atoms with van der Waals surface area (Å²) in [6.45, 7) is 2.61. The van der Waals surface area contributed by atoms with Gasteiger partial charge < -0.3 is 4.90 Å². The van der Waals surface area contributed by atoms with Crippen molar-refractivity contribution in [2.75, 3.05) is 11.4 Å². The largest absolute Gasteiger partial charge is 0.330 e. The van der Waals surface area contributed by atoms with Gasteiger partial charge in [-0.25, -0.2) is 0 Å². The Kier molecular flexibility index (Phi) is 2.56. The average molecular weight is 289 g/mol. The van der Waals surface area contributed by atoms with Gasteiger partial charge in [0.15, 0.2) is 0 Å². The van der Waals surface area contributed by atoms with E-state index >= 15 is 0 Å². The Morgan fingerprint density at radius 3 is 2.87 bits per heavy atom. The van der Waals surface area contributed by atoms with E-state index in [4.69, 9.17) is 0 Å². The second-order valence-electron chi connectivity index (χ2n) is 3.07. The van der Waals surface area contributed by atoms with Crippen LogP contribution in [-0.2, 0) is 10.0 Å². The molecule has 0 spiro atoms. The Hall–Kier alpha value is -0.880. The third-order valence-corrected chi connectivity index (χ3v) is 4.08. The maximum absolute atomic E-state index is 11.6. The van der Waals surface area contributed by atoms with Crippen molar-refractivity contribution >= 4 is 38.0 Å². The molecule has 0 N–H and O–H groups in total. The molecule has 0 atom stereocenters. The normalized spacial score (nSPS) is 17.6. The first-order valence-electron chi connectivity index (χ1n) is 4.42. The number of benzene rings is 1. The summed E-state index contributed by atoms with van der Waals surface area (Å²) in [5, 5.41) is 0. The Labute approximate surface area is 96.8 Å². The molecule has 1 heterocycles. The van der Waals surface area contributed by atoms with Gasteiger partial charge in [0.05, 0.1) is 5.69 Å². The van der Waals surface area contributed by atoms with Crippen LogP contribution in [0.1, 0.15) is 6.92 Å². The van der Waals surface area contributed by atoms with Crippen molar-refractivity contribution in [1.82, 2.24) is 0 Å². The van der Waals surface area contributed by atoms with Gasteiger partial charge in [0.1, 0.15) is 11.2 Å². The molecule has 1 aromatic rings. The summed E-state index contributed by atoms with van der Waals surface area (Å²) in [7, 11) is -3.51. The summed E-state index contributed by atoms with van der Waals surface area (Å²) in [4.78, 5) is 2.04. The van der Waals surface area contributed by atoms with Crippen LogP contribution < -0.4 is 4.90 Å². The van der Waals surface area contributed by atoms with Crippen LogP contribution in [0.3, 0.4) is 0 Å². The molecule has 1 aliphatic rings. The van der Waals surface area contributed by atoms with E-state index in [1.54, 1.807) is 17.0 Å². The lowest BCUT2D eigenvalue weighted by Crippen LogP contribution is -2.27. The maximum Gasteiger partial charge on any atom is 0.285 e. The summed E-state index contributed by atoms with van der Waals surface area (Å²) in [5.41, 5.74) is 0.662. The summed E-state index contributed by atoms with van der Waals surface area (Å²) >= 11 is 3.35. The van der Waals surface area contributed by atoms with Crippen LogP contribution in [0.5, 0.6) is 0 Å². The number of rotatable bonds is 1. The lowest BCUT2D eigenvalue weighted by Gasteiger charge is -2.24. The number of para-hydroxylation sites is 1. The zero-order valence-electron chi connectivity index (χ0n) is 8.01. The van der Waals surface area contributed by atoms with Gasteiger partial charge >= 0.3 is 0 Å². The molecule has 0 saturated carbocycles. The van der Waals surface area contributed by atoms with Crippen LogP contribution in [0.4, 0.5) is 5.69 Å². The van der Waals surface area contributed by atoms with Crippen LogP contribution >= 0.6 is 15.9 Å². The zero-order valence-corrected chi connectivity index (χ0v) is 10.4. The quantitative estimate of drug-likeness (QED) is 0.794. The first-order chi connectivity index (χ1) is 7.06. The highest BCUT2D eigenvalue weighted by atomic mass is 79.9. The topological polar surface area (TPSA) is 49.7 Å². The Morgan fingerprint density at radius 1 is 1.47 bits per heavy atom. The third-order valence-electron chi connectivity index (χ3n) is 2.18. The highest BCUT2D eigenvalue weighted by Gasteiger charge is 2.26. The third kappa shape index (κ3) is 1.68. The minimum atomic E-state index is -3.51. The highest BCUT2D eigenvalue weighted by molar-refractivity contribution is 9.10. The van der Waals surface area contributed by atoms with Gasteiger partial charge in [0, 0.05) is 11.0 Å². The lowest BCUT2D eigenvalue weighted by atomic mass is 10.3. The molecule has 4 nitrogen and oxygen atoms in total. The van der Waals surface area contributed by atoms with Gasteiger partial charge in [-0.3, -0.25) is 0 Å². The molecule has 80 valence electrons. The van der Waals surface area contributed by atoms with Gasteiger partial charge in [0.2, 0.25) is 0 Å². The van der Waals surface area contributed by atoms with Gasteiger partial charge in [-0.15, -0.1) is 4.40 Å². The molecule has 0 aromatic heterocycles. The van der Waals surface area contributed by atoms with Crippen molar-refractivity contribution in [3.63, 3.8) is 0 Å². The zero-order chi connectivity index (χ0) is 11.1. The fourth-order valence-electron chi connectivity index (χ4n) is 1.46. The van der Waals surface area contributed by atoms with Crippen LogP contribution in [0.2, 0.25) is 0 Å². The number of halogens is 1. The summed E-state index contributed by atoms with van der Waals surface area (Å²) in [6.07, 6.45) is 1.35. The van der Waals surface area contributed by atoms with E-state index in [1.165, 1.54) is 6.34 Å². The van der Waals surface area contributed by atoms with E-state index in [1.807, 2.05) is 13.0 Å². The Bertz CT molecular complexity index is 525. The number of nitrogens with zero attached hydrogens (tertiary/aromatic N) is 2. The van der Waals surface area contributed by atoms with Crippen molar-refractivity contribution in [3.05, 3.63) is 22.7 Å². The second kappa shape index (κ2) is 3.61. The first kappa shape index (κ1) is 10.6. The molecule has 6 heteroatoms. The molecular weight excluding hydrogens is 280 g/mol. The number of sulfonamides is 1. The highest BCUT2D eigenvalue weighted by Crippen LogP contribution is 2.35. The molecule has 1 aromatic carbocycles. The minimum absolute atomic E-state index is 0.251. The molecule has 0 fully saturated rings. The average Bonchev–Trinajstić information content (AvgIpc) is 2.19. The SMILES string of the molecule is CCN1C=NS(=O)(=O)c2cccc(Br)c21. The molecule has 0 amide bonds. The van der Waals surface area contributed by atoms with E-state index in [2.05, 4.69) is 20.3 Å². The van der Waals surface area contributed by atoms with Crippen molar-refractivity contribution in [3.8, 4) is 0 Å². The Balaban J connectivity index is 2.75. The molecular formula is C9H9BrN2O2S. The standard InChI is InChI=1S/C9H9BrN2O2S/c1-2-12-6-11-15(13,14)8-5-3-4-7(10)9(8)12/h3-6H,2H2,1H3. The van der Waals surface area contributed by atoms with Crippen LogP contribution in [0, 0.1) is 0 Å². The van der Waals surface area contributed by atoms with E-state index in [9.17, 15) is 8.42 Å². The predicted octanol–water partition coefficient (Wildman–Crippen LogP) is 2.01. The second-order valence-corrected chi connectivity index (χ2v) is 5.52. The number of fused-ring (bicyclic) bond motifs is 1. The molecule has 15 heavy (non-hydrogen) atoms. The van der Waals surface area contributed by atoms with Gasteiger partial charge in [0.25, 0.3) is 10.0 Å².